The van der Waals surface area contributed by atoms with E-state index in [9.17, 15) is 13.2 Å². The Morgan fingerprint density at radius 3 is 2.19 bits per heavy atom. The number of hydrogen-bond acceptors (Lipinski definition) is 4. The summed E-state index contributed by atoms with van der Waals surface area (Å²) in [4.78, 5) is 12.2. The third-order valence-electron chi connectivity index (χ3n) is 3.93. The number of carbonyl (C=O) groups excluding carboxylic acids is 1. The van der Waals surface area contributed by atoms with Gasteiger partial charge in [0.15, 0.2) is 0 Å². The summed E-state index contributed by atoms with van der Waals surface area (Å²) < 4.78 is 26.3. The zero-order chi connectivity index (χ0) is 19.9. The number of nitriles is 1. The molecule has 0 radical (unpaired) electrons. The van der Waals surface area contributed by atoms with E-state index in [0.717, 1.165) is 0 Å². The van der Waals surface area contributed by atoms with Crippen molar-refractivity contribution in [3.05, 3.63) is 65.7 Å². The molecule has 2 aromatic carbocycles. The van der Waals surface area contributed by atoms with Crippen molar-refractivity contribution in [3.63, 3.8) is 0 Å². The molecule has 0 fully saturated rings. The van der Waals surface area contributed by atoms with E-state index >= 15 is 0 Å². The second kappa shape index (κ2) is 9.12. The molecule has 6 nitrogen and oxygen atoms in total. The van der Waals surface area contributed by atoms with Crippen LogP contribution >= 0.6 is 0 Å². The molecule has 0 aliphatic heterocycles. The Kier molecular flexibility index (Phi) is 6.88. The van der Waals surface area contributed by atoms with E-state index < -0.39 is 10.0 Å². The van der Waals surface area contributed by atoms with Gasteiger partial charge in [-0.25, -0.2) is 8.42 Å². The standard InChI is InChI=1S/C20H21N3O3S/c1-3-23(4-2)27(25,26)19-12-7-16(8-13-19)9-14-20(24)22-18-10-5-17(15-21)6-11-18/h5-14H,3-4H2,1-2H3,(H,22,24)/b14-9+. The SMILES string of the molecule is CCN(CC)S(=O)(=O)c1ccc(/C=C/C(=O)Nc2ccc(C#N)cc2)cc1. The van der Waals surface area contributed by atoms with E-state index in [1.165, 1.54) is 22.5 Å². The normalized spacial score (nSPS) is 11.5. The van der Waals surface area contributed by atoms with Crippen LogP contribution in [0.1, 0.15) is 25.0 Å². The minimum absolute atomic E-state index is 0.227. The predicted molar refractivity (Wildman–Crippen MR) is 105 cm³/mol. The molecule has 0 unspecified atom stereocenters. The van der Waals surface area contributed by atoms with Crippen molar-refractivity contribution in [1.29, 1.82) is 5.26 Å². The number of benzene rings is 2. The molecule has 0 atom stereocenters. The number of nitrogens with zero attached hydrogens (tertiary/aromatic N) is 2. The van der Waals surface area contributed by atoms with Crippen molar-refractivity contribution >= 4 is 27.7 Å². The number of nitrogens with one attached hydrogen (secondary N) is 1. The minimum Gasteiger partial charge on any atom is -0.323 e. The van der Waals surface area contributed by atoms with Crippen LogP contribution in [0.25, 0.3) is 6.08 Å². The van der Waals surface area contributed by atoms with Crippen LogP contribution in [-0.2, 0) is 14.8 Å². The summed E-state index contributed by atoms with van der Waals surface area (Å²) in [7, 11) is -3.49. The molecule has 0 heterocycles. The Balaban J connectivity index is 2.04. The molecule has 0 aliphatic carbocycles. The second-order valence-electron chi connectivity index (χ2n) is 5.67. The van der Waals surface area contributed by atoms with Crippen molar-refractivity contribution in [2.24, 2.45) is 0 Å². The average molecular weight is 383 g/mol. The summed E-state index contributed by atoms with van der Waals surface area (Å²) in [6, 6.07) is 14.9. The van der Waals surface area contributed by atoms with Crippen LogP contribution in [0.5, 0.6) is 0 Å². The van der Waals surface area contributed by atoms with Gasteiger partial charge in [-0.1, -0.05) is 26.0 Å². The molecule has 1 N–H and O–H groups in total. The number of sulfonamides is 1. The number of hydrogen-bond donors (Lipinski definition) is 1. The molecular formula is C20H21N3O3S. The van der Waals surface area contributed by atoms with Gasteiger partial charge in [-0.2, -0.15) is 9.57 Å². The highest BCUT2D eigenvalue weighted by Gasteiger charge is 2.20. The molecule has 7 heteroatoms. The number of carbonyl (C=O) groups is 1. The van der Waals surface area contributed by atoms with Crippen LogP contribution in [0.3, 0.4) is 0 Å². The summed E-state index contributed by atoms with van der Waals surface area (Å²) in [5, 5.41) is 11.5. The predicted octanol–water partition coefficient (Wildman–Crippen LogP) is 3.24. The summed E-state index contributed by atoms with van der Waals surface area (Å²) in [5.41, 5.74) is 1.82. The summed E-state index contributed by atoms with van der Waals surface area (Å²) >= 11 is 0. The number of rotatable bonds is 7. The minimum atomic E-state index is -3.49. The van der Waals surface area contributed by atoms with Crippen molar-refractivity contribution in [3.8, 4) is 6.07 Å². The topological polar surface area (TPSA) is 90.3 Å². The molecule has 0 saturated heterocycles. The molecule has 140 valence electrons. The molecule has 0 saturated carbocycles. The van der Waals surface area contributed by atoms with Crippen molar-refractivity contribution in [1.82, 2.24) is 4.31 Å². The van der Waals surface area contributed by atoms with Gasteiger partial charge in [0.2, 0.25) is 15.9 Å². The van der Waals surface area contributed by atoms with Crippen LogP contribution in [0, 0.1) is 11.3 Å². The van der Waals surface area contributed by atoms with Crippen LogP contribution in [0.15, 0.2) is 59.5 Å². The van der Waals surface area contributed by atoms with Crippen LogP contribution in [0.4, 0.5) is 5.69 Å². The molecule has 1 amide bonds. The molecule has 0 aromatic heterocycles. The third-order valence-corrected chi connectivity index (χ3v) is 6.00. The Bertz CT molecular complexity index is 953. The van der Waals surface area contributed by atoms with Crippen LogP contribution < -0.4 is 5.32 Å². The molecule has 0 spiro atoms. The van der Waals surface area contributed by atoms with Crippen molar-refractivity contribution < 1.29 is 13.2 Å². The first-order valence-electron chi connectivity index (χ1n) is 8.50. The fraction of sp³-hybridized carbons (Fsp3) is 0.200. The summed E-state index contributed by atoms with van der Waals surface area (Å²) in [6.07, 6.45) is 2.97. The fourth-order valence-corrected chi connectivity index (χ4v) is 3.91. The Morgan fingerprint density at radius 2 is 1.67 bits per heavy atom. The van der Waals surface area contributed by atoms with E-state index in [2.05, 4.69) is 5.32 Å². The fourth-order valence-electron chi connectivity index (χ4n) is 2.45. The quantitative estimate of drug-likeness (QED) is 0.743. The first kappa shape index (κ1) is 20.4. The van der Waals surface area contributed by atoms with Crippen molar-refractivity contribution in [2.45, 2.75) is 18.7 Å². The maximum Gasteiger partial charge on any atom is 0.248 e. The molecule has 2 aromatic rings. The lowest BCUT2D eigenvalue weighted by molar-refractivity contribution is -0.111. The van der Waals surface area contributed by atoms with E-state index in [1.54, 1.807) is 56.3 Å². The summed E-state index contributed by atoms with van der Waals surface area (Å²) in [5.74, 6) is -0.320. The van der Waals surface area contributed by atoms with Gasteiger partial charge in [0.1, 0.15) is 0 Å². The average Bonchev–Trinajstić information content (AvgIpc) is 2.68. The van der Waals surface area contributed by atoms with Gasteiger partial charge in [0.05, 0.1) is 16.5 Å². The van der Waals surface area contributed by atoms with Gasteiger partial charge >= 0.3 is 0 Å². The zero-order valence-corrected chi connectivity index (χ0v) is 16.0. The third kappa shape index (κ3) is 5.26. The van der Waals surface area contributed by atoms with Gasteiger partial charge in [-0.15, -0.1) is 0 Å². The zero-order valence-electron chi connectivity index (χ0n) is 15.2. The Hall–Kier alpha value is -2.95. The van der Waals surface area contributed by atoms with E-state index in [-0.39, 0.29) is 10.8 Å². The highest BCUT2D eigenvalue weighted by atomic mass is 32.2. The Morgan fingerprint density at radius 1 is 1.07 bits per heavy atom. The van der Waals surface area contributed by atoms with Gasteiger partial charge in [0, 0.05) is 24.9 Å². The first-order chi connectivity index (χ1) is 12.9. The largest absolute Gasteiger partial charge is 0.323 e. The summed E-state index contributed by atoms with van der Waals surface area (Å²) in [6.45, 7) is 4.42. The Labute approximate surface area is 159 Å². The lowest BCUT2D eigenvalue weighted by Gasteiger charge is -2.18. The van der Waals surface area contributed by atoms with Gasteiger partial charge < -0.3 is 5.32 Å². The van der Waals surface area contributed by atoms with E-state index in [0.29, 0.717) is 29.9 Å². The lowest BCUT2D eigenvalue weighted by Crippen LogP contribution is -2.30. The van der Waals surface area contributed by atoms with Gasteiger partial charge in [0.25, 0.3) is 0 Å². The molecule has 0 bridgehead atoms. The monoisotopic (exact) mass is 383 g/mol. The highest BCUT2D eigenvalue weighted by molar-refractivity contribution is 7.89. The van der Waals surface area contributed by atoms with Gasteiger partial charge in [-0.05, 0) is 48.0 Å². The van der Waals surface area contributed by atoms with Crippen LogP contribution in [0.2, 0.25) is 0 Å². The molecule has 27 heavy (non-hydrogen) atoms. The maximum absolute atomic E-state index is 12.4. The first-order valence-corrected chi connectivity index (χ1v) is 9.94. The number of amides is 1. The lowest BCUT2D eigenvalue weighted by atomic mass is 10.2. The van der Waals surface area contributed by atoms with Crippen molar-refractivity contribution in [2.75, 3.05) is 18.4 Å². The number of anilines is 1. The van der Waals surface area contributed by atoms with Gasteiger partial charge in [-0.3, -0.25) is 4.79 Å². The molecule has 2 rings (SSSR count). The molecular weight excluding hydrogens is 362 g/mol. The highest BCUT2D eigenvalue weighted by Crippen LogP contribution is 2.17. The second-order valence-corrected chi connectivity index (χ2v) is 7.61. The maximum atomic E-state index is 12.4. The molecule has 0 aliphatic rings. The van der Waals surface area contributed by atoms with Crippen LogP contribution in [-0.4, -0.2) is 31.7 Å². The van der Waals surface area contributed by atoms with E-state index in [4.69, 9.17) is 5.26 Å². The van der Waals surface area contributed by atoms with E-state index in [1.807, 2.05) is 6.07 Å². The smallest absolute Gasteiger partial charge is 0.248 e.